The first kappa shape index (κ1) is 20.2. The molecule has 0 aliphatic heterocycles. The van der Waals surface area contributed by atoms with E-state index in [1.807, 2.05) is 46.1 Å². The van der Waals surface area contributed by atoms with Crippen LogP contribution in [0.1, 0.15) is 21.1 Å². The molecule has 6 nitrogen and oxygen atoms in total. The second-order valence-electron chi connectivity index (χ2n) is 6.28. The average Bonchev–Trinajstić information content (AvgIpc) is 2.93. The lowest BCUT2D eigenvalue weighted by Crippen LogP contribution is -2.36. The van der Waals surface area contributed by atoms with Crippen LogP contribution >= 0.6 is 11.3 Å². The van der Waals surface area contributed by atoms with Gasteiger partial charge in [0.15, 0.2) is 5.96 Å². The number of benzene rings is 1. The third-order valence-corrected chi connectivity index (χ3v) is 4.93. The number of para-hydroxylation sites is 1. The fourth-order valence-corrected chi connectivity index (χ4v) is 3.31. The van der Waals surface area contributed by atoms with E-state index >= 15 is 0 Å². The lowest BCUT2D eigenvalue weighted by Gasteiger charge is -2.16. The van der Waals surface area contributed by atoms with Crippen molar-refractivity contribution in [1.82, 2.24) is 20.5 Å². The third kappa shape index (κ3) is 6.31. The van der Waals surface area contributed by atoms with Gasteiger partial charge >= 0.3 is 0 Å². The van der Waals surface area contributed by atoms with E-state index in [-0.39, 0.29) is 0 Å². The van der Waals surface area contributed by atoms with E-state index in [0.717, 1.165) is 41.1 Å². The summed E-state index contributed by atoms with van der Waals surface area (Å²) in [5, 5.41) is 7.79. The molecule has 1 heterocycles. The highest BCUT2D eigenvalue weighted by molar-refractivity contribution is 7.11. The molecule has 0 bridgehead atoms. The summed E-state index contributed by atoms with van der Waals surface area (Å²) in [4.78, 5) is 12.1. The van der Waals surface area contributed by atoms with Crippen LogP contribution < -0.4 is 15.4 Å². The number of aromatic nitrogens is 1. The molecule has 0 aliphatic carbocycles. The monoisotopic (exact) mass is 375 g/mol. The largest absolute Gasteiger partial charge is 0.492 e. The molecule has 26 heavy (non-hydrogen) atoms. The van der Waals surface area contributed by atoms with Crippen molar-refractivity contribution in [2.75, 3.05) is 34.3 Å². The van der Waals surface area contributed by atoms with Crippen molar-refractivity contribution in [1.29, 1.82) is 0 Å². The minimum Gasteiger partial charge on any atom is -0.492 e. The maximum Gasteiger partial charge on any atom is 0.191 e. The first-order chi connectivity index (χ1) is 12.5. The number of hydrogen-bond acceptors (Lipinski definition) is 5. The van der Waals surface area contributed by atoms with Crippen molar-refractivity contribution >= 4 is 17.3 Å². The smallest absolute Gasteiger partial charge is 0.191 e. The zero-order valence-corrected chi connectivity index (χ0v) is 17.1. The van der Waals surface area contributed by atoms with Crippen molar-refractivity contribution in [2.45, 2.75) is 26.9 Å². The van der Waals surface area contributed by atoms with Gasteiger partial charge in [-0.25, -0.2) is 4.98 Å². The minimum atomic E-state index is 0.651. The van der Waals surface area contributed by atoms with Crippen molar-refractivity contribution in [3.8, 4) is 5.75 Å². The number of likely N-dealkylation sites (N-methyl/N-ethyl adjacent to an activating group) is 1. The van der Waals surface area contributed by atoms with Gasteiger partial charge in [0, 0.05) is 30.6 Å². The predicted molar refractivity (Wildman–Crippen MR) is 109 cm³/mol. The summed E-state index contributed by atoms with van der Waals surface area (Å²) in [6, 6.07) is 8.10. The zero-order chi connectivity index (χ0) is 18.9. The van der Waals surface area contributed by atoms with Gasteiger partial charge in [0.2, 0.25) is 0 Å². The summed E-state index contributed by atoms with van der Waals surface area (Å²) in [5.74, 6) is 1.67. The Kier molecular flexibility index (Phi) is 7.87. The molecule has 0 spiro atoms. The Morgan fingerprint density at radius 2 is 1.92 bits per heavy atom. The van der Waals surface area contributed by atoms with Crippen molar-refractivity contribution in [3.63, 3.8) is 0 Å². The highest BCUT2D eigenvalue weighted by Crippen LogP contribution is 2.18. The summed E-state index contributed by atoms with van der Waals surface area (Å²) in [7, 11) is 5.86. The molecule has 142 valence electrons. The van der Waals surface area contributed by atoms with E-state index in [2.05, 4.69) is 31.6 Å². The van der Waals surface area contributed by atoms with Crippen molar-refractivity contribution in [3.05, 3.63) is 45.4 Å². The van der Waals surface area contributed by atoms with Gasteiger partial charge in [0.05, 0.1) is 17.2 Å². The van der Waals surface area contributed by atoms with E-state index in [1.54, 1.807) is 18.4 Å². The number of aliphatic imine (C=N–C) groups is 1. The van der Waals surface area contributed by atoms with Gasteiger partial charge in [-0.15, -0.1) is 11.3 Å². The van der Waals surface area contributed by atoms with E-state index in [4.69, 9.17) is 4.74 Å². The highest BCUT2D eigenvalue weighted by Gasteiger charge is 2.07. The van der Waals surface area contributed by atoms with Gasteiger partial charge in [0.1, 0.15) is 12.4 Å². The molecule has 1 aromatic heterocycles. The van der Waals surface area contributed by atoms with Gasteiger partial charge in [-0.1, -0.05) is 18.2 Å². The number of ether oxygens (including phenoxy) is 1. The number of rotatable bonds is 8. The Labute approximate surface area is 160 Å². The second-order valence-corrected chi connectivity index (χ2v) is 7.57. The van der Waals surface area contributed by atoms with E-state index in [1.165, 1.54) is 4.88 Å². The Hall–Kier alpha value is -2.12. The molecule has 0 atom stereocenters. The summed E-state index contributed by atoms with van der Waals surface area (Å²) in [6.07, 6.45) is 0. The molecule has 2 aromatic rings. The topological polar surface area (TPSA) is 61.8 Å². The molecule has 0 aliphatic rings. The molecule has 7 heteroatoms. The van der Waals surface area contributed by atoms with Crippen LogP contribution in [0.15, 0.2) is 29.3 Å². The lowest BCUT2D eigenvalue weighted by atomic mass is 10.2. The third-order valence-electron chi connectivity index (χ3n) is 3.85. The molecular weight excluding hydrogens is 346 g/mol. The average molecular weight is 376 g/mol. The zero-order valence-electron chi connectivity index (χ0n) is 16.3. The summed E-state index contributed by atoms with van der Waals surface area (Å²) in [6.45, 7) is 7.00. The van der Waals surface area contributed by atoms with Crippen LogP contribution in [0.25, 0.3) is 0 Å². The van der Waals surface area contributed by atoms with Crippen LogP contribution in [0.5, 0.6) is 5.75 Å². The number of hydrogen-bond donors (Lipinski definition) is 2. The first-order valence-electron chi connectivity index (χ1n) is 8.72. The molecular formula is C19H29N5OS. The van der Waals surface area contributed by atoms with Crippen LogP contribution in [-0.2, 0) is 13.1 Å². The first-order valence-corrected chi connectivity index (χ1v) is 9.54. The maximum absolute atomic E-state index is 5.91. The Morgan fingerprint density at radius 1 is 1.19 bits per heavy atom. The molecule has 0 fully saturated rings. The van der Waals surface area contributed by atoms with Gasteiger partial charge < -0.3 is 20.3 Å². The lowest BCUT2D eigenvalue weighted by molar-refractivity contribution is 0.259. The SMILES string of the molecule is CN=C(NCc1ccccc1OCCN(C)C)NCc1sc(C)nc1C. The standard InChI is InChI=1S/C19H29N5OS/c1-14-18(26-15(2)23-14)13-22-19(20-3)21-12-16-8-6-7-9-17(16)25-11-10-24(4)5/h6-9H,10-13H2,1-5H3,(H2,20,21,22). The predicted octanol–water partition coefficient (Wildman–Crippen LogP) is 2.57. The van der Waals surface area contributed by atoms with Crippen molar-refractivity contribution in [2.24, 2.45) is 4.99 Å². The van der Waals surface area contributed by atoms with Crippen LogP contribution in [0.4, 0.5) is 0 Å². The molecule has 1 aromatic carbocycles. The van der Waals surface area contributed by atoms with Crippen LogP contribution in [0, 0.1) is 13.8 Å². The Balaban J connectivity index is 1.89. The number of nitrogens with zero attached hydrogens (tertiary/aromatic N) is 3. The van der Waals surface area contributed by atoms with E-state index < -0.39 is 0 Å². The normalized spacial score (nSPS) is 11.7. The van der Waals surface area contributed by atoms with Gasteiger partial charge in [-0.05, 0) is 34.0 Å². The Morgan fingerprint density at radius 3 is 2.58 bits per heavy atom. The van der Waals surface area contributed by atoms with Crippen molar-refractivity contribution < 1.29 is 4.74 Å². The number of aryl methyl sites for hydroxylation is 2. The van der Waals surface area contributed by atoms with Crippen LogP contribution in [-0.4, -0.2) is 50.1 Å². The van der Waals surface area contributed by atoms with Crippen LogP contribution in [0.3, 0.4) is 0 Å². The summed E-state index contributed by atoms with van der Waals surface area (Å²) >= 11 is 1.71. The number of thiazole rings is 1. The highest BCUT2D eigenvalue weighted by atomic mass is 32.1. The van der Waals surface area contributed by atoms with Gasteiger partial charge in [-0.2, -0.15) is 0 Å². The quantitative estimate of drug-likeness (QED) is 0.548. The molecule has 0 radical (unpaired) electrons. The summed E-state index contributed by atoms with van der Waals surface area (Å²) in [5.41, 5.74) is 2.19. The second kappa shape index (κ2) is 10.1. The van der Waals surface area contributed by atoms with Gasteiger partial charge in [0.25, 0.3) is 0 Å². The maximum atomic E-state index is 5.91. The minimum absolute atomic E-state index is 0.651. The number of guanidine groups is 1. The van der Waals surface area contributed by atoms with E-state index in [0.29, 0.717) is 13.2 Å². The number of nitrogens with one attached hydrogen (secondary N) is 2. The molecule has 2 N–H and O–H groups in total. The molecule has 0 unspecified atom stereocenters. The molecule has 2 rings (SSSR count). The molecule has 0 amide bonds. The van der Waals surface area contributed by atoms with Gasteiger partial charge in [-0.3, -0.25) is 4.99 Å². The van der Waals surface area contributed by atoms with E-state index in [9.17, 15) is 0 Å². The molecule has 0 saturated heterocycles. The Bertz CT molecular complexity index is 726. The fraction of sp³-hybridized carbons (Fsp3) is 0.474. The van der Waals surface area contributed by atoms with Crippen LogP contribution in [0.2, 0.25) is 0 Å². The molecule has 0 saturated carbocycles. The fourth-order valence-electron chi connectivity index (χ4n) is 2.43. The summed E-state index contributed by atoms with van der Waals surface area (Å²) < 4.78 is 5.91.